The molecule has 0 bridgehead atoms. The molecule has 0 fully saturated rings. The standard InChI is InChI=1S/C20H20FN3O3/c1-2-3-19(25)22-11-18-23-16-10-14(20(26)27)6-9-17(16)24(18)12-13-4-7-15(21)8-5-13/h4-10H,2-3,11-12H2,1H3,(H,22,25)(H,26,27). The molecule has 2 aromatic carbocycles. The van der Waals surface area contributed by atoms with Crippen molar-refractivity contribution in [1.82, 2.24) is 14.9 Å². The Morgan fingerprint density at radius 1 is 1.19 bits per heavy atom. The first kappa shape index (κ1) is 18.6. The van der Waals surface area contributed by atoms with Gasteiger partial charge >= 0.3 is 5.97 Å². The first-order chi connectivity index (χ1) is 13.0. The first-order valence-corrected chi connectivity index (χ1v) is 8.71. The topological polar surface area (TPSA) is 84.2 Å². The number of nitrogens with zero attached hydrogens (tertiary/aromatic N) is 2. The lowest BCUT2D eigenvalue weighted by atomic mass is 10.2. The number of imidazole rings is 1. The molecule has 0 aliphatic rings. The number of nitrogens with one attached hydrogen (secondary N) is 1. The molecule has 0 spiro atoms. The normalized spacial score (nSPS) is 10.9. The summed E-state index contributed by atoms with van der Waals surface area (Å²) in [6, 6.07) is 10.9. The summed E-state index contributed by atoms with van der Waals surface area (Å²) in [7, 11) is 0. The van der Waals surface area contributed by atoms with Crippen LogP contribution in [0.4, 0.5) is 4.39 Å². The van der Waals surface area contributed by atoms with Crippen molar-refractivity contribution in [3.05, 3.63) is 65.2 Å². The van der Waals surface area contributed by atoms with Crippen LogP contribution < -0.4 is 5.32 Å². The van der Waals surface area contributed by atoms with Crippen LogP contribution in [0.3, 0.4) is 0 Å². The van der Waals surface area contributed by atoms with Crippen molar-refractivity contribution in [2.75, 3.05) is 0 Å². The summed E-state index contributed by atoms with van der Waals surface area (Å²) in [6.07, 6.45) is 1.18. The Morgan fingerprint density at radius 2 is 1.93 bits per heavy atom. The minimum absolute atomic E-state index is 0.0656. The molecule has 7 heteroatoms. The molecule has 27 heavy (non-hydrogen) atoms. The fraction of sp³-hybridized carbons (Fsp3) is 0.250. The quantitative estimate of drug-likeness (QED) is 0.669. The van der Waals surface area contributed by atoms with Gasteiger partial charge in [-0.2, -0.15) is 0 Å². The van der Waals surface area contributed by atoms with Crippen LogP contribution in [0.5, 0.6) is 0 Å². The highest BCUT2D eigenvalue weighted by molar-refractivity contribution is 5.92. The smallest absolute Gasteiger partial charge is 0.335 e. The van der Waals surface area contributed by atoms with Crippen molar-refractivity contribution in [3.63, 3.8) is 0 Å². The summed E-state index contributed by atoms with van der Waals surface area (Å²) in [4.78, 5) is 27.5. The summed E-state index contributed by atoms with van der Waals surface area (Å²) < 4.78 is 15.1. The minimum atomic E-state index is -1.03. The lowest BCUT2D eigenvalue weighted by Crippen LogP contribution is -2.24. The highest BCUT2D eigenvalue weighted by Crippen LogP contribution is 2.20. The number of carbonyl (C=O) groups excluding carboxylic acids is 1. The monoisotopic (exact) mass is 369 g/mol. The van der Waals surface area contributed by atoms with Crippen molar-refractivity contribution in [3.8, 4) is 0 Å². The van der Waals surface area contributed by atoms with Crippen molar-refractivity contribution in [2.24, 2.45) is 0 Å². The average molecular weight is 369 g/mol. The SMILES string of the molecule is CCCC(=O)NCc1nc2cc(C(=O)O)ccc2n1Cc1ccc(F)cc1. The van der Waals surface area contributed by atoms with Crippen LogP contribution >= 0.6 is 0 Å². The van der Waals surface area contributed by atoms with E-state index in [9.17, 15) is 19.1 Å². The van der Waals surface area contributed by atoms with E-state index in [1.54, 1.807) is 18.2 Å². The van der Waals surface area contributed by atoms with Gasteiger partial charge in [0.05, 0.1) is 23.1 Å². The number of aromatic carboxylic acids is 1. The van der Waals surface area contributed by atoms with E-state index < -0.39 is 5.97 Å². The highest BCUT2D eigenvalue weighted by Gasteiger charge is 2.14. The van der Waals surface area contributed by atoms with Gasteiger partial charge in [-0.1, -0.05) is 19.1 Å². The van der Waals surface area contributed by atoms with Crippen molar-refractivity contribution in [1.29, 1.82) is 0 Å². The van der Waals surface area contributed by atoms with Gasteiger partial charge in [-0.05, 0) is 42.3 Å². The lowest BCUT2D eigenvalue weighted by Gasteiger charge is -2.10. The van der Waals surface area contributed by atoms with Crippen LogP contribution in [0.25, 0.3) is 11.0 Å². The average Bonchev–Trinajstić information content (AvgIpc) is 2.99. The third-order valence-corrected chi connectivity index (χ3v) is 4.25. The molecule has 6 nitrogen and oxygen atoms in total. The summed E-state index contributed by atoms with van der Waals surface area (Å²) in [5.41, 5.74) is 2.32. The molecule has 0 atom stereocenters. The summed E-state index contributed by atoms with van der Waals surface area (Å²) in [5.74, 6) is -0.791. The summed E-state index contributed by atoms with van der Waals surface area (Å²) in [6.45, 7) is 2.59. The van der Waals surface area contributed by atoms with E-state index in [0.717, 1.165) is 17.5 Å². The van der Waals surface area contributed by atoms with Gasteiger partial charge in [0.1, 0.15) is 11.6 Å². The Morgan fingerprint density at radius 3 is 2.59 bits per heavy atom. The minimum Gasteiger partial charge on any atom is -0.478 e. The molecule has 0 radical (unpaired) electrons. The maximum atomic E-state index is 13.2. The number of halogens is 1. The second-order valence-electron chi connectivity index (χ2n) is 6.28. The molecular weight excluding hydrogens is 349 g/mol. The van der Waals surface area contributed by atoms with Crippen LogP contribution in [0.15, 0.2) is 42.5 Å². The van der Waals surface area contributed by atoms with E-state index in [1.807, 2.05) is 11.5 Å². The molecule has 0 saturated carbocycles. The third-order valence-electron chi connectivity index (χ3n) is 4.25. The van der Waals surface area contributed by atoms with Crippen molar-refractivity contribution >= 4 is 22.9 Å². The predicted molar refractivity (Wildman–Crippen MR) is 98.9 cm³/mol. The van der Waals surface area contributed by atoms with Crippen LogP contribution in [0.2, 0.25) is 0 Å². The number of amides is 1. The molecule has 0 aliphatic carbocycles. The zero-order chi connectivity index (χ0) is 19.4. The van der Waals surface area contributed by atoms with E-state index in [0.29, 0.717) is 24.3 Å². The number of aromatic nitrogens is 2. The van der Waals surface area contributed by atoms with Gasteiger partial charge in [0.25, 0.3) is 0 Å². The van der Waals surface area contributed by atoms with E-state index in [2.05, 4.69) is 10.3 Å². The largest absolute Gasteiger partial charge is 0.478 e. The van der Waals surface area contributed by atoms with Crippen molar-refractivity contribution in [2.45, 2.75) is 32.9 Å². The molecule has 0 unspecified atom stereocenters. The van der Waals surface area contributed by atoms with E-state index in [1.165, 1.54) is 24.3 Å². The van der Waals surface area contributed by atoms with E-state index >= 15 is 0 Å². The van der Waals surface area contributed by atoms with Gasteiger partial charge in [-0.25, -0.2) is 14.2 Å². The number of carboxylic acid groups (broad SMARTS) is 1. The molecule has 1 amide bonds. The van der Waals surface area contributed by atoms with Gasteiger partial charge in [0, 0.05) is 13.0 Å². The fourth-order valence-corrected chi connectivity index (χ4v) is 2.89. The molecule has 140 valence electrons. The molecule has 1 heterocycles. The predicted octanol–water partition coefficient (Wildman–Crippen LogP) is 3.34. The molecule has 3 aromatic rings. The summed E-state index contributed by atoms with van der Waals surface area (Å²) >= 11 is 0. The zero-order valence-electron chi connectivity index (χ0n) is 14.9. The van der Waals surface area contributed by atoms with E-state index in [4.69, 9.17) is 0 Å². The Hall–Kier alpha value is -3.22. The second-order valence-corrected chi connectivity index (χ2v) is 6.28. The number of carbonyl (C=O) groups is 2. The number of fused-ring (bicyclic) bond motifs is 1. The molecule has 0 saturated heterocycles. The van der Waals surface area contributed by atoms with Crippen LogP contribution in [0.1, 0.15) is 41.5 Å². The number of rotatable bonds is 7. The number of hydrogen-bond acceptors (Lipinski definition) is 3. The Labute approximate surface area is 155 Å². The molecule has 3 rings (SSSR count). The van der Waals surface area contributed by atoms with E-state index in [-0.39, 0.29) is 23.8 Å². The maximum absolute atomic E-state index is 13.2. The molecule has 1 aromatic heterocycles. The Balaban J connectivity index is 1.98. The maximum Gasteiger partial charge on any atom is 0.335 e. The Kier molecular flexibility index (Phi) is 5.49. The van der Waals surface area contributed by atoms with Crippen molar-refractivity contribution < 1.29 is 19.1 Å². The fourth-order valence-electron chi connectivity index (χ4n) is 2.89. The van der Waals surface area contributed by atoms with Crippen LogP contribution in [-0.2, 0) is 17.9 Å². The van der Waals surface area contributed by atoms with Gasteiger partial charge in [0.2, 0.25) is 5.91 Å². The molecule has 2 N–H and O–H groups in total. The molecule has 0 aliphatic heterocycles. The first-order valence-electron chi connectivity index (χ1n) is 8.71. The molecular formula is C20H20FN3O3. The highest BCUT2D eigenvalue weighted by atomic mass is 19.1. The lowest BCUT2D eigenvalue weighted by molar-refractivity contribution is -0.121. The number of benzene rings is 2. The van der Waals surface area contributed by atoms with Crippen LogP contribution in [0, 0.1) is 5.82 Å². The number of hydrogen-bond donors (Lipinski definition) is 2. The van der Waals surface area contributed by atoms with Crippen LogP contribution in [-0.4, -0.2) is 26.5 Å². The summed E-state index contributed by atoms with van der Waals surface area (Å²) in [5, 5.41) is 12.0. The van der Waals surface area contributed by atoms with Gasteiger partial charge in [-0.15, -0.1) is 0 Å². The number of carboxylic acids is 1. The third kappa shape index (κ3) is 4.31. The second kappa shape index (κ2) is 7.99. The Bertz CT molecular complexity index is 980. The van der Waals surface area contributed by atoms with Gasteiger partial charge in [0.15, 0.2) is 0 Å². The van der Waals surface area contributed by atoms with Gasteiger partial charge in [-0.3, -0.25) is 4.79 Å². The van der Waals surface area contributed by atoms with Gasteiger partial charge < -0.3 is 15.0 Å². The zero-order valence-corrected chi connectivity index (χ0v) is 14.9.